The van der Waals surface area contributed by atoms with Crippen molar-refractivity contribution in [2.24, 2.45) is 0 Å². The second kappa shape index (κ2) is 13.9. The van der Waals surface area contributed by atoms with Crippen molar-refractivity contribution in [3.8, 4) is 0 Å². The molecule has 2 amide bonds. The lowest BCUT2D eigenvalue weighted by Gasteiger charge is -2.31. The summed E-state index contributed by atoms with van der Waals surface area (Å²) in [5.41, 5.74) is 1.09. The van der Waals surface area contributed by atoms with Gasteiger partial charge in [-0.05, 0) is 62.1 Å². The molecule has 3 rings (SSSR count). The molecule has 0 unspecified atom stereocenters. The van der Waals surface area contributed by atoms with Crippen molar-refractivity contribution in [3.05, 3.63) is 63.1 Å². The first kappa shape index (κ1) is 30.5. The highest BCUT2D eigenvalue weighted by Crippen LogP contribution is 2.31. The molecule has 208 valence electrons. The molecule has 0 spiro atoms. The van der Waals surface area contributed by atoms with Crippen LogP contribution in [0.15, 0.2) is 42.5 Å². The highest BCUT2D eigenvalue weighted by molar-refractivity contribution is 7.92. The van der Waals surface area contributed by atoms with E-state index in [1.165, 1.54) is 18.6 Å². The molecule has 1 aliphatic carbocycles. The molecule has 1 aliphatic rings. The monoisotopic (exact) mass is 601 g/mol. The number of carbonyl (C=O) groups excluding carboxylic acids is 2. The third-order valence-electron chi connectivity index (χ3n) is 6.71. The van der Waals surface area contributed by atoms with E-state index in [2.05, 4.69) is 5.32 Å². The van der Waals surface area contributed by atoms with Crippen LogP contribution in [0.5, 0.6) is 0 Å². The zero-order chi connectivity index (χ0) is 27.9. The Morgan fingerprint density at radius 2 is 1.63 bits per heavy atom. The SMILES string of the molecule is C[C@H](C(=O)NC1CCCCC1)N(Cc1ccc(Cl)cc1)C(=O)CCCN(c1cc(Cl)ccc1Cl)S(C)(=O)=O. The number of hydrogen-bond donors (Lipinski definition) is 1. The van der Waals surface area contributed by atoms with Gasteiger partial charge in [-0.25, -0.2) is 8.42 Å². The molecule has 0 heterocycles. The fourth-order valence-electron chi connectivity index (χ4n) is 4.60. The van der Waals surface area contributed by atoms with Gasteiger partial charge in [0.05, 0.1) is 17.0 Å². The minimum Gasteiger partial charge on any atom is -0.352 e. The molecule has 0 saturated heterocycles. The van der Waals surface area contributed by atoms with Crippen molar-refractivity contribution in [2.45, 2.75) is 70.5 Å². The van der Waals surface area contributed by atoms with Gasteiger partial charge in [-0.1, -0.05) is 66.2 Å². The Bertz CT molecular complexity index is 1220. The molecule has 0 radical (unpaired) electrons. The lowest BCUT2D eigenvalue weighted by atomic mass is 9.95. The Balaban J connectivity index is 1.73. The fraction of sp³-hybridized carbons (Fsp3) is 0.481. The lowest BCUT2D eigenvalue weighted by molar-refractivity contribution is -0.141. The molecule has 0 bridgehead atoms. The molecule has 1 atom stereocenters. The van der Waals surface area contributed by atoms with E-state index in [1.54, 1.807) is 30.0 Å². The Labute approximate surface area is 240 Å². The summed E-state index contributed by atoms with van der Waals surface area (Å²) in [6, 6.07) is 11.1. The predicted molar refractivity (Wildman–Crippen MR) is 154 cm³/mol. The fourth-order valence-corrected chi connectivity index (χ4v) is 6.13. The molecular formula is C27H34Cl3N3O4S. The van der Waals surface area contributed by atoms with E-state index in [0.29, 0.717) is 10.0 Å². The number of rotatable bonds is 11. The minimum atomic E-state index is -3.69. The van der Waals surface area contributed by atoms with Crippen molar-refractivity contribution < 1.29 is 18.0 Å². The number of amides is 2. The van der Waals surface area contributed by atoms with Crippen LogP contribution in [0.1, 0.15) is 57.4 Å². The number of nitrogens with one attached hydrogen (secondary N) is 1. The summed E-state index contributed by atoms with van der Waals surface area (Å²) in [5.74, 6) is -0.445. The standard InChI is InChI=1S/C27H34Cl3N3O4S/c1-19(27(35)31-23-7-4-3-5-8-23)32(18-20-10-12-21(28)13-11-20)26(34)9-6-16-33(38(2,36)37)25-17-22(29)14-15-24(25)30/h10-15,17,19,23H,3-9,16,18H2,1-2H3,(H,31,35)/t19-/m1/s1. The van der Waals surface area contributed by atoms with Crippen LogP contribution in [-0.2, 0) is 26.2 Å². The summed E-state index contributed by atoms with van der Waals surface area (Å²) in [6.07, 6.45) is 6.57. The molecule has 7 nitrogen and oxygen atoms in total. The van der Waals surface area contributed by atoms with E-state index in [0.717, 1.165) is 41.8 Å². The van der Waals surface area contributed by atoms with Crippen molar-refractivity contribution in [3.63, 3.8) is 0 Å². The van der Waals surface area contributed by atoms with E-state index >= 15 is 0 Å². The molecule has 1 N–H and O–H groups in total. The van der Waals surface area contributed by atoms with Gasteiger partial charge in [0, 0.05) is 35.6 Å². The number of sulfonamides is 1. The summed E-state index contributed by atoms with van der Waals surface area (Å²) < 4.78 is 26.2. The summed E-state index contributed by atoms with van der Waals surface area (Å²) in [6.45, 7) is 1.98. The van der Waals surface area contributed by atoms with E-state index in [4.69, 9.17) is 34.8 Å². The summed E-state index contributed by atoms with van der Waals surface area (Å²) in [7, 11) is -3.69. The molecule has 11 heteroatoms. The van der Waals surface area contributed by atoms with Crippen LogP contribution >= 0.6 is 34.8 Å². The average molecular weight is 603 g/mol. The predicted octanol–water partition coefficient (Wildman–Crippen LogP) is 6.06. The van der Waals surface area contributed by atoms with Crippen LogP contribution < -0.4 is 9.62 Å². The topological polar surface area (TPSA) is 86.8 Å². The Morgan fingerprint density at radius 1 is 1.00 bits per heavy atom. The Kier molecular flexibility index (Phi) is 11.2. The number of benzene rings is 2. The lowest BCUT2D eigenvalue weighted by Crippen LogP contribution is -2.50. The normalized spacial score (nSPS) is 15.1. The maximum absolute atomic E-state index is 13.4. The Morgan fingerprint density at radius 3 is 2.26 bits per heavy atom. The van der Waals surface area contributed by atoms with Crippen molar-refractivity contribution >= 4 is 62.3 Å². The zero-order valence-electron chi connectivity index (χ0n) is 21.6. The van der Waals surface area contributed by atoms with Gasteiger partial charge in [0.25, 0.3) is 0 Å². The van der Waals surface area contributed by atoms with E-state index < -0.39 is 16.1 Å². The highest BCUT2D eigenvalue weighted by Gasteiger charge is 2.28. The zero-order valence-corrected chi connectivity index (χ0v) is 24.7. The summed E-state index contributed by atoms with van der Waals surface area (Å²) in [4.78, 5) is 28.1. The Hall–Kier alpha value is -2.00. The van der Waals surface area contributed by atoms with Crippen molar-refractivity contribution in [1.82, 2.24) is 10.2 Å². The van der Waals surface area contributed by atoms with Gasteiger partial charge in [0.1, 0.15) is 6.04 Å². The van der Waals surface area contributed by atoms with Crippen LogP contribution in [0.25, 0.3) is 0 Å². The van der Waals surface area contributed by atoms with Gasteiger partial charge < -0.3 is 10.2 Å². The van der Waals surface area contributed by atoms with E-state index in [-0.39, 0.29) is 54.5 Å². The smallest absolute Gasteiger partial charge is 0.242 e. The van der Waals surface area contributed by atoms with Crippen LogP contribution in [0.2, 0.25) is 15.1 Å². The van der Waals surface area contributed by atoms with E-state index in [1.807, 2.05) is 12.1 Å². The van der Waals surface area contributed by atoms with Crippen molar-refractivity contribution in [1.29, 1.82) is 0 Å². The molecular weight excluding hydrogens is 569 g/mol. The number of hydrogen-bond acceptors (Lipinski definition) is 4. The van der Waals surface area contributed by atoms with Crippen molar-refractivity contribution in [2.75, 3.05) is 17.1 Å². The van der Waals surface area contributed by atoms with Gasteiger partial charge in [-0.2, -0.15) is 0 Å². The summed E-state index contributed by atoms with van der Waals surface area (Å²) >= 11 is 18.3. The first-order valence-electron chi connectivity index (χ1n) is 12.7. The second-order valence-corrected chi connectivity index (χ2v) is 12.9. The van der Waals surface area contributed by atoms with Gasteiger partial charge >= 0.3 is 0 Å². The van der Waals surface area contributed by atoms with Gasteiger partial charge in [-0.3, -0.25) is 13.9 Å². The quantitative estimate of drug-likeness (QED) is 0.339. The highest BCUT2D eigenvalue weighted by atomic mass is 35.5. The van der Waals surface area contributed by atoms with Crippen LogP contribution in [0.3, 0.4) is 0 Å². The first-order valence-corrected chi connectivity index (χ1v) is 15.7. The molecule has 2 aromatic carbocycles. The number of halogens is 3. The van der Waals surface area contributed by atoms with Crippen LogP contribution in [-0.4, -0.2) is 50.0 Å². The molecule has 1 fully saturated rings. The van der Waals surface area contributed by atoms with Gasteiger partial charge in [0.15, 0.2) is 0 Å². The average Bonchev–Trinajstić information content (AvgIpc) is 2.87. The largest absolute Gasteiger partial charge is 0.352 e. The van der Waals surface area contributed by atoms with Crippen LogP contribution in [0, 0.1) is 0 Å². The molecule has 0 aliphatic heterocycles. The summed E-state index contributed by atoms with van der Waals surface area (Å²) in [5, 5.41) is 4.27. The molecule has 0 aromatic heterocycles. The third kappa shape index (κ3) is 8.76. The first-order chi connectivity index (χ1) is 18.0. The minimum absolute atomic E-state index is 0.0298. The maximum Gasteiger partial charge on any atom is 0.242 e. The van der Waals surface area contributed by atoms with Gasteiger partial charge in [-0.15, -0.1) is 0 Å². The number of carbonyl (C=O) groups is 2. The number of nitrogens with zero attached hydrogens (tertiary/aromatic N) is 2. The maximum atomic E-state index is 13.4. The molecule has 38 heavy (non-hydrogen) atoms. The third-order valence-corrected chi connectivity index (χ3v) is 8.70. The second-order valence-electron chi connectivity index (χ2n) is 9.70. The number of anilines is 1. The van der Waals surface area contributed by atoms with Gasteiger partial charge in [0.2, 0.25) is 21.8 Å². The molecule has 2 aromatic rings. The molecule has 1 saturated carbocycles. The van der Waals surface area contributed by atoms with E-state index in [9.17, 15) is 18.0 Å². The van der Waals surface area contributed by atoms with Crippen LogP contribution in [0.4, 0.5) is 5.69 Å².